The molecule has 0 aliphatic carbocycles. The number of ether oxygens (including phenoxy) is 3. The molecule has 0 saturated heterocycles. The lowest BCUT2D eigenvalue weighted by Gasteiger charge is -2.18. The molecule has 2 N–H and O–H groups in total. The minimum atomic E-state index is -0.306. The smallest absolute Gasteiger partial charge is 0.257 e. The molecule has 0 aliphatic rings. The molecule has 1 amide bonds. The molecule has 2 rings (SSSR count). The summed E-state index contributed by atoms with van der Waals surface area (Å²) in [6.07, 6.45) is 0. The number of rotatable bonds is 10. The molecule has 28 heavy (non-hydrogen) atoms. The molecule has 1 atom stereocenters. The Hall–Kier alpha value is -2.80. The summed E-state index contributed by atoms with van der Waals surface area (Å²) < 4.78 is 29.8. The largest absolute Gasteiger partial charge is 0.496 e. The molecule has 0 spiro atoms. The molecule has 0 radical (unpaired) electrons. The zero-order chi connectivity index (χ0) is 20.5. The number of benzene rings is 2. The third-order valence-electron chi connectivity index (χ3n) is 4.23. The van der Waals surface area contributed by atoms with Gasteiger partial charge in [0.2, 0.25) is 0 Å². The van der Waals surface area contributed by atoms with E-state index in [0.717, 1.165) is 11.1 Å². The highest BCUT2D eigenvalue weighted by Crippen LogP contribution is 2.29. The fraction of sp³-hybridized carbons (Fsp3) is 0.381. The summed E-state index contributed by atoms with van der Waals surface area (Å²) in [4.78, 5) is 11.5. The van der Waals surface area contributed by atoms with E-state index in [1.165, 1.54) is 12.1 Å². The summed E-state index contributed by atoms with van der Waals surface area (Å²) in [6, 6.07) is 9.84. The van der Waals surface area contributed by atoms with Crippen molar-refractivity contribution < 1.29 is 23.4 Å². The van der Waals surface area contributed by atoms with Crippen molar-refractivity contribution in [1.29, 1.82) is 0 Å². The van der Waals surface area contributed by atoms with Crippen LogP contribution in [-0.4, -0.2) is 33.3 Å². The molecule has 1 unspecified atom stereocenters. The van der Waals surface area contributed by atoms with Gasteiger partial charge in [0.1, 0.15) is 11.6 Å². The van der Waals surface area contributed by atoms with Crippen molar-refractivity contribution in [3.63, 3.8) is 0 Å². The van der Waals surface area contributed by atoms with Gasteiger partial charge in [0.15, 0.2) is 18.1 Å². The fourth-order valence-corrected chi connectivity index (χ4v) is 2.76. The van der Waals surface area contributed by atoms with Gasteiger partial charge in [0, 0.05) is 24.7 Å². The van der Waals surface area contributed by atoms with Crippen molar-refractivity contribution in [3.05, 3.63) is 53.3 Å². The first-order chi connectivity index (χ1) is 13.5. The van der Waals surface area contributed by atoms with E-state index in [1.54, 1.807) is 26.4 Å². The van der Waals surface area contributed by atoms with Crippen LogP contribution in [0.15, 0.2) is 36.4 Å². The van der Waals surface area contributed by atoms with E-state index >= 15 is 0 Å². The molecule has 2 aromatic rings. The third kappa shape index (κ3) is 5.85. The van der Waals surface area contributed by atoms with Crippen molar-refractivity contribution in [2.75, 3.05) is 27.4 Å². The molecule has 0 heterocycles. The van der Waals surface area contributed by atoms with Gasteiger partial charge >= 0.3 is 0 Å². The lowest BCUT2D eigenvalue weighted by atomic mass is 10.1. The maximum atomic E-state index is 13.6. The molecule has 6 nitrogen and oxygen atoms in total. The van der Waals surface area contributed by atoms with Gasteiger partial charge in [-0.05, 0) is 49.7 Å². The predicted molar refractivity (Wildman–Crippen MR) is 105 cm³/mol. The number of hydrogen-bond donors (Lipinski definition) is 2. The highest BCUT2D eigenvalue weighted by Gasteiger charge is 2.13. The number of amides is 1. The van der Waals surface area contributed by atoms with E-state index in [0.29, 0.717) is 30.3 Å². The third-order valence-corrected chi connectivity index (χ3v) is 4.23. The first-order valence-electron chi connectivity index (χ1n) is 9.11. The second-order valence-electron chi connectivity index (χ2n) is 6.22. The van der Waals surface area contributed by atoms with Gasteiger partial charge in [-0.1, -0.05) is 6.07 Å². The minimum Gasteiger partial charge on any atom is -0.496 e. The highest BCUT2D eigenvalue weighted by molar-refractivity contribution is 5.77. The fourth-order valence-electron chi connectivity index (χ4n) is 2.76. The van der Waals surface area contributed by atoms with Gasteiger partial charge in [-0.3, -0.25) is 4.79 Å². The summed E-state index contributed by atoms with van der Waals surface area (Å²) in [5.41, 5.74) is 1.71. The monoisotopic (exact) mass is 390 g/mol. The van der Waals surface area contributed by atoms with E-state index in [9.17, 15) is 9.18 Å². The zero-order valence-corrected chi connectivity index (χ0v) is 16.7. The van der Waals surface area contributed by atoms with Crippen LogP contribution in [0.2, 0.25) is 0 Å². The number of halogens is 1. The van der Waals surface area contributed by atoms with Crippen LogP contribution in [0.5, 0.6) is 17.2 Å². The van der Waals surface area contributed by atoms with Crippen molar-refractivity contribution >= 4 is 5.91 Å². The van der Waals surface area contributed by atoms with E-state index < -0.39 is 0 Å². The normalized spacial score (nSPS) is 11.6. The van der Waals surface area contributed by atoms with Crippen LogP contribution in [0.1, 0.15) is 31.0 Å². The Labute approximate surface area is 165 Å². The van der Waals surface area contributed by atoms with E-state index in [2.05, 4.69) is 10.6 Å². The second kappa shape index (κ2) is 10.5. The number of likely N-dealkylation sites (N-methyl/N-ethyl adjacent to an activating group) is 1. The van der Waals surface area contributed by atoms with Gasteiger partial charge in [0.25, 0.3) is 5.91 Å². The number of hydrogen-bond acceptors (Lipinski definition) is 5. The van der Waals surface area contributed by atoms with E-state index in [-0.39, 0.29) is 24.4 Å². The van der Waals surface area contributed by atoms with Crippen LogP contribution >= 0.6 is 0 Å². The molecule has 0 fully saturated rings. The van der Waals surface area contributed by atoms with Gasteiger partial charge in [-0.25, -0.2) is 4.39 Å². The maximum Gasteiger partial charge on any atom is 0.257 e. The second-order valence-corrected chi connectivity index (χ2v) is 6.22. The van der Waals surface area contributed by atoms with E-state index in [1.807, 2.05) is 26.0 Å². The standard InChI is InChI=1S/C21H27FN2O4/c1-5-23-21(25)13-28-19-8-6-15(10-20(19)27-4)12-24-14(2)17-11-16(22)7-9-18(17)26-3/h6-11,14,24H,5,12-13H2,1-4H3,(H,23,25). The number of nitrogens with one attached hydrogen (secondary N) is 2. The topological polar surface area (TPSA) is 68.8 Å². The Kier molecular flexibility index (Phi) is 8.07. The van der Waals surface area contributed by atoms with Crippen LogP contribution in [0.3, 0.4) is 0 Å². The summed E-state index contributed by atoms with van der Waals surface area (Å²) in [5, 5.41) is 6.02. The molecule has 7 heteroatoms. The van der Waals surface area contributed by atoms with Crippen LogP contribution in [0.4, 0.5) is 4.39 Å². The Morgan fingerprint density at radius 2 is 1.79 bits per heavy atom. The first-order valence-corrected chi connectivity index (χ1v) is 9.11. The molecule has 0 aliphatic heterocycles. The Bertz CT molecular complexity index is 798. The lowest BCUT2D eigenvalue weighted by Crippen LogP contribution is -2.28. The molecule has 0 saturated carbocycles. The van der Waals surface area contributed by atoms with Crippen LogP contribution in [0.25, 0.3) is 0 Å². The lowest BCUT2D eigenvalue weighted by molar-refractivity contribution is -0.123. The molecule has 0 aromatic heterocycles. The minimum absolute atomic E-state index is 0.0712. The van der Waals surface area contributed by atoms with Crippen molar-refractivity contribution in [3.8, 4) is 17.2 Å². The molecule has 0 bridgehead atoms. The predicted octanol–water partition coefficient (Wildman–Crippen LogP) is 3.21. The summed E-state index contributed by atoms with van der Waals surface area (Å²) in [7, 11) is 3.11. The van der Waals surface area contributed by atoms with Gasteiger partial charge in [-0.15, -0.1) is 0 Å². The Morgan fingerprint density at radius 1 is 1.07 bits per heavy atom. The highest BCUT2D eigenvalue weighted by atomic mass is 19.1. The van der Waals surface area contributed by atoms with E-state index in [4.69, 9.17) is 14.2 Å². The van der Waals surface area contributed by atoms with Crippen LogP contribution in [-0.2, 0) is 11.3 Å². The summed E-state index contributed by atoms with van der Waals surface area (Å²) in [6.45, 7) is 4.81. The number of carbonyl (C=O) groups excluding carboxylic acids is 1. The SMILES string of the molecule is CCNC(=O)COc1ccc(CNC(C)c2cc(F)ccc2OC)cc1OC. The van der Waals surface area contributed by atoms with Gasteiger partial charge in [0.05, 0.1) is 14.2 Å². The number of carbonyl (C=O) groups is 1. The van der Waals surface area contributed by atoms with Crippen molar-refractivity contribution in [2.24, 2.45) is 0 Å². The summed E-state index contributed by atoms with van der Waals surface area (Å²) in [5.74, 6) is 1.18. The van der Waals surface area contributed by atoms with Crippen molar-refractivity contribution in [1.82, 2.24) is 10.6 Å². The Balaban J connectivity index is 2.02. The number of methoxy groups -OCH3 is 2. The van der Waals surface area contributed by atoms with Gasteiger partial charge < -0.3 is 24.8 Å². The Morgan fingerprint density at radius 3 is 2.46 bits per heavy atom. The average molecular weight is 390 g/mol. The molecule has 2 aromatic carbocycles. The summed E-state index contributed by atoms with van der Waals surface area (Å²) >= 11 is 0. The average Bonchev–Trinajstić information content (AvgIpc) is 2.70. The quantitative estimate of drug-likeness (QED) is 0.652. The van der Waals surface area contributed by atoms with Crippen LogP contribution < -0.4 is 24.8 Å². The van der Waals surface area contributed by atoms with Crippen molar-refractivity contribution in [2.45, 2.75) is 26.4 Å². The zero-order valence-electron chi connectivity index (χ0n) is 16.7. The molecular weight excluding hydrogens is 363 g/mol. The first kappa shape index (κ1) is 21.5. The van der Waals surface area contributed by atoms with Gasteiger partial charge in [-0.2, -0.15) is 0 Å². The molecular formula is C21H27FN2O4. The maximum absolute atomic E-state index is 13.6. The molecule has 152 valence electrons. The van der Waals surface area contributed by atoms with Crippen LogP contribution in [0, 0.1) is 5.82 Å².